The van der Waals surface area contributed by atoms with Gasteiger partial charge in [0, 0.05) is 51.0 Å². The van der Waals surface area contributed by atoms with Gasteiger partial charge in [-0.15, -0.1) is 0 Å². The Morgan fingerprint density at radius 2 is 1.90 bits per heavy atom. The van der Waals surface area contributed by atoms with Gasteiger partial charge in [-0.05, 0) is 24.6 Å². The summed E-state index contributed by atoms with van der Waals surface area (Å²) in [6.45, 7) is 3.30. The maximum Gasteiger partial charge on any atom is 0.151 e. The topological polar surface area (TPSA) is 71.3 Å². The van der Waals surface area contributed by atoms with Crippen LogP contribution in [0.2, 0.25) is 5.02 Å². The van der Waals surface area contributed by atoms with E-state index in [4.69, 9.17) is 16.6 Å². The fourth-order valence-corrected chi connectivity index (χ4v) is 6.49. The van der Waals surface area contributed by atoms with Gasteiger partial charge in [0.2, 0.25) is 0 Å². The number of hydrogen-bond acceptors (Lipinski definition) is 6. The number of rotatable bonds is 3. The second kappa shape index (κ2) is 7.51. The van der Waals surface area contributed by atoms with E-state index < -0.39 is 9.84 Å². The number of piperazine rings is 1. The van der Waals surface area contributed by atoms with Crippen molar-refractivity contribution in [2.45, 2.75) is 12.5 Å². The molecular formula is C21H24ClN5O2S. The standard InChI is InChI=1S/C21H24ClN5O2S/c1-25-19-5-3-2-4-18(19)24-21(25)16-12-20(23-13-17(16)22)27-9-7-26(8-10-27)15-6-11-30(28,29)14-15/h2-5,12-13,15H,6-11,14H2,1H3. The van der Waals surface area contributed by atoms with Gasteiger partial charge in [0.15, 0.2) is 9.84 Å². The van der Waals surface area contributed by atoms with Crippen LogP contribution in [0.5, 0.6) is 0 Å². The van der Waals surface area contributed by atoms with E-state index in [0.717, 1.165) is 60.8 Å². The minimum absolute atomic E-state index is 0.158. The predicted molar refractivity (Wildman–Crippen MR) is 120 cm³/mol. The van der Waals surface area contributed by atoms with Gasteiger partial charge >= 0.3 is 0 Å². The molecule has 0 N–H and O–H groups in total. The van der Waals surface area contributed by atoms with E-state index in [1.54, 1.807) is 6.20 Å². The molecule has 1 atom stereocenters. The molecule has 0 radical (unpaired) electrons. The largest absolute Gasteiger partial charge is 0.354 e. The minimum atomic E-state index is -2.86. The molecule has 30 heavy (non-hydrogen) atoms. The maximum atomic E-state index is 11.8. The van der Waals surface area contributed by atoms with Gasteiger partial charge in [-0.3, -0.25) is 4.90 Å². The van der Waals surface area contributed by atoms with Gasteiger partial charge in [0.05, 0.1) is 27.6 Å². The molecule has 158 valence electrons. The number of sulfone groups is 1. The third-order valence-electron chi connectivity index (χ3n) is 6.23. The highest BCUT2D eigenvalue weighted by Crippen LogP contribution is 2.32. The van der Waals surface area contributed by atoms with Crippen LogP contribution in [0.3, 0.4) is 0 Å². The molecule has 0 aliphatic carbocycles. The SMILES string of the molecule is Cn1c(-c2cc(N3CCN(C4CCS(=O)(=O)C4)CC3)ncc2Cl)nc2ccccc21. The molecule has 4 heterocycles. The summed E-state index contributed by atoms with van der Waals surface area (Å²) in [5.74, 6) is 2.31. The number of pyridine rings is 1. The number of anilines is 1. The lowest BCUT2D eigenvalue weighted by molar-refractivity contribution is 0.200. The van der Waals surface area contributed by atoms with Crippen LogP contribution in [0.25, 0.3) is 22.4 Å². The molecule has 2 aromatic heterocycles. The van der Waals surface area contributed by atoms with E-state index in [0.29, 0.717) is 16.5 Å². The van der Waals surface area contributed by atoms with Crippen molar-refractivity contribution in [3.63, 3.8) is 0 Å². The number of benzene rings is 1. The molecule has 0 bridgehead atoms. The first-order valence-electron chi connectivity index (χ1n) is 10.2. The first-order chi connectivity index (χ1) is 14.4. The molecule has 0 amide bonds. The summed E-state index contributed by atoms with van der Waals surface area (Å²) >= 11 is 6.51. The Bertz CT molecular complexity index is 1200. The van der Waals surface area contributed by atoms with Gasteiger partial charge in [0.1, 0.15) is 11.6 Å². The van der Waals surface area contributed by atoms with Crippen molar-refractivity contribution >= 4 is 38.3 Å². The lowest BCUT2D eigenvalue weighted by Crippen LogP contribution is -2.51. The van der Waals surface area contributed by atoms with Crippen LogP contribution in [0.4, 0.5) is 5.82 Å². The van der Waals surface area contributed by atoms with E-state index in [1.807, 2.05) is 37.4 Å². The Balaban J connectivity index is 1.37. The summed E-state index contributed by atoms with van der Waals surface area (Å²) in [5.41, 5.74) is 2.86. The van der Waals surface area contributed by atoms with Crippen molar-refractivity contribution in [2.75, 3.05) is 42.6 Å². The number of para-hydroxylation sites is 2. The van der Waals surface area contributed by atoms with Crippen LogP contribution < -0.4 is 4.90 Å². The van der Waals surface area contributed by atoms with Crippen LogP contribution in [-0.4, -0.2) is 71.6 Å². The van der Waals surface area contributed by atoms with E-state index in [1.165, 1.54) is 0 Å². The summed E-state index contributed by atoms with van der Waals surface area (Å²) in [7, 11) is -0.863. The highest BCUT2D eigenvalue weighted by molar-refractivity contribution is 7.91. The number of imidazole rings is 1. The number of halogens is 1. The van der Waals surface area contributed by atoms with Gasteiger partial charge in [0.25, 0.3) is 0 Å². The average molecular weight is 446 g/mol. The molecule has 1 unspecified atom stereocenters. The Kier molecular flexibility index (Phi) is 4.95. The van der Waals surface area contributed by atoms with Crippen molar-refractivity contribution in [2.24, 2.45) is 7.05 Å². The van der Waals surface area contributed by atoms with Crippen molar-refractivity contribution < 1.29 is 8.42 Å². The summed E-state index contributed by atoms with van der Waals surface area (Å²) in [4.78, 5) is 13.9. The zero-order chi connectivity index (χ0) is 20.9. The number of aromatic nitrogens is 3. The predicted octanol–water partition coefficient (Wildman–Crippen LogP) is 2.60. The number of fused-ring (bicyclic) bond motifs is 1. The summed E-state index contributed by atoms with van der Waals surface area (Å²) in [6.07, 6.45) is 2.44. The Morgan fingerprint density at radius 1 is 1.13 bits per heavy atom. The van der Waals surface area contributed by atoms with Crippen LogP contribution >= 0.6 is 11.6 Å². The third kappa shape index (κ3) is 3.57. The van der Waals surface area contributed by atoms with Gasteiger partial charge < -0.3 is 9.47 Å². The van der Waals surface area contributed by atoms with Crippen LogP contribution in [0, 0.1) is 0 Å². The number of aryl methyl sites for hydroxylation is 1. The van der Waals surface area contributed by atoms with Crippen LogP contribution in [-0.2, 0) is 16.9 Å². The number of hydrogen-bond donors (Lipinski definition) is 0. The van der Waals surface area contributed by atoms with E-state index in [9.17, 15) is 8.42 Å². The molecule has 2 saturated heterocycles. The third-order valence-corrected chi connectivity index (χ3v) is 8.28. The smallest absolute Gasteiger partial charge is 0.151 e. The van der Waals surface area contributed by atoms with E-state index in [2.05, 4.69) is 19.4 Å². The minimum Gasteiger partial charge on any atom is -0.354 e. The van der Waals surface area contributed by atoms with Crippen molar-refractivity contribution in [3.05, 3.63) is 41.6 Å². The Morgan fingerprint density at radius 3 is 2.60 bits per heavy atom. The monoisotopic (exact) mass is 445 g/mol. The first kappa shape index (κ1) is 19.8. The van der Waals surface area contributed by atoms with Crippen LogP contribution in [0.15, 0.2) is 36.5 Å². The fourth-order valence-electron chi connectivity index (χ4n) is 4.54. The van der Waals surface area contributed by atoms with Crippen molar-refractivity contribution in [1.82, 2.24) is 19.4 Å². The quantitative estimate of drug-likeness (QED) is 0.617. The normalized spacial score (nSPS) is 22.1. The molecule has 9 heteroatoms. The molecule has 1 aromatic carbocycles. The molecule has 2 aliphatic rings. The highest BCUT2D eigenvalue weighted by Gasteiger charge is 2.34. The number of nitrogens with zero attached hydrogens (tertiary/aromatic N) is 5. The zero-order valence-electron chi connectivity index (χ0n) is 16.8. The first-order valence-corrected chi connectivity index (χ1v) is 12.4. The van der Waals surface area contributed by atoms with Gasteiger partial charge in [-0.2, -0.15) is 0 Å². The molecular weight excluding hydrogens is 422 g/mol. The lowest BCUT2D eigenvalue weighted by Gasteiger charge is -2.38. The zero-order valence-corrected chi connectivity index (χ0v) is 18.4. The summed E-state index contributed by atoms with van der Waals surface area (Å²) in [5, 5.41) is 0.576. The molecule has 2 fully saturated rings. The molecule has 5 rings (SSSR count). The second-order valence-electron chi connectivity index (χ2n) is 8.09. The highest BCUT2D eigenvalue weighted by atomic mass is 35.5. The second-order valence-corrected chi connectivity index (χ2v) is 10.7. The van der Waals surface area contributed by atoms with Crippen molar-refractivity contribution in [3.8, 4) is 11.4 Å². The fraction of sp³-hybridized carbons (Fsp3) is 0.429. The van der Waals surface area contributed by atoms with Gasteiger partial charge in [-0.1, -0.05) is 23.7 Å². The lowest BCUT2D eigenvalue weighted by atomic mass is 10.2. The molecule has 2 aliphatic heterocycles. The Hall–Kier alpha value is -2.16. The summed E-state index contributed by atoms with van der Waals surface area (Å²) in [6, 6.07) is 10.2. The van der Waals surface area contributed by atoms with Crippen LogP contribution in [0.1, 0.15) is 6.42 Å². The molecule has 0 saturated carbocycles. The molecule has 3 aromatic rings. The van der Waals surface area contributed by atoms with Gasteiger partial charge in [-0.25, -0.2) is 18.4 Å². The molecule has 7 nitrogen and oxygen atoms in total. The average Bonchev–Trinajstić information content (AvgIpc) is 3.28. The maximum absolute atomic E-state index is 11.8. The summed E-state index contributed by atoms with van der Waals surface area (Å²) < 4.78 is 25.7. The Labute approximate surface area is 181 Å². The molecule has 0 spiro atoms. The van der Waals surface area contributed by atoms with E-state index >= 15 is 0 Å². The van der Waals surface area contributed by atoms with Crippen molar-refractivity contribution in [1.29, 1.82) is 0 Å². The van der Waals surface area contributed by atoms with E-state index in [-0.39, 0.29) is 6.04 Å².